The molecule has 2 fully saturated rings. The molecule has 4 heteroatoms. The molecule has 0 radical (unpaired) electrons. The van der Waals surface area contributed by atoms with Crippen LogP contribution in [0, 0.1) is 11.3 Å². The highest BCUT2D eigenvalue weighted by Gasteiger charge is 2.36. The zero-order valence-corrected chi connectivity index (χ0v) is 11.7. The largest absolute Gasteiger partial charge is 0.396 e. The highest BCUT2D eigenvalue weighted by atomic mass is 16.5. The number of hydrogen-bond donors (Lipinski definition) is 1. The number of aliphatic hydroxyl groups excluding tert-OH is 1. The first-order valence-corrected chi connectivity index (χ1v) is 7.13. The number of aliphatic hydroxyl groups is 1. The summed E-state index contributed by atoms with van der Waals surface area (Å²) in [4.78, 5) is 2.47. The summed E-state index contributed by atoms with van der Waals surface area (Å²) in [5, 5.41) is 9.73. The van der Waals surface area contributed by atoms with Gasteiger partial charge < -0.3 is 19.5 Å². The first-order chi connectivity index (χ1) is 8.69. The Hall–Kier alpha value is -0.160. The molecule has 106 valence electrons. The molecule has 2 unspecified atom stereocenters. The number of ether oxygens (including phenoxy) is 2. The van der Waals surface area contributed by atoms with Crippen LogP contribution in [0.15, 0.2) is 0 Å². The van der Waals surface area contributed by atoms with Crippen molar-refractivity contribution in [3.05, 3.63) is 0 Å². The number of likely N-dealkylation sites (tertiary alicyclic amines) is 1. The van der Waals surface area contributed by atoms with E-state index in [-0.39, 0.29) is 12.0 Å². The third-order valence-corrected chi connectivity index (χ3v) is 4.72. The predicted molar refractivity (Wildman–Crippen MR) is 70.6 cm³/mol. The van der Waals surface area contributed by atoms with Crippen LogP contribution in [-0.2, 0) is 9.47 Å². The lowest BCUT2D eigenvalue weighted by molar-refractivity contribution is -0.0598. The molecule has 0 aromatic rings. The third kappa shape index (κ3) is 3.23. The fourth-order valence-electron chi connectivity index (χ4n) is 3.19. The SMILES string of the molecule is COC1CN(CC2(CO)CCOCC2)CCC1C. The van der Waals surface area contributed by atoms with E-state index in [1.54, 1.807) is 7.11 Å². The first kappa shape index (κ1) is 14.3. The molecule has 1 N–H and O–H groups in total. The van der Waals surface area contributed by atoms with Gasteiger partial charge in [0.15, 0.2) is 0 Å². The summed E-state index contributed by atoms with van der Waals surface area (Å²) in [6.45, 7) is 7.24. The van der Waals surface area contributed by atoms with Crippen LogP contribution in [0.4, 0.5) is 0 Å². The fourth-order valence-corrected chi connectivity index (χ4v) is 3.19. The molecule has 18 heavy (non-hydrogen) atoms. The second-order valence-electron chi connectivity index (χ2n) is 6.05. The van der Waals surface area contributed by atoms with Gasteiger partial charge in [0.2, 0.25) is 0 Å². The third-order valence-electron chi connectivity index (χ3n) is 4.72. The quantitative estimate of drug-likeness (QED) is 0.820. The van der Waals surface area contributed by atoms with Gasteiger partial charge in [-0.15, -0.1) is 0 Å². The Labute approximate surface area is 110 Å². The Morgan fingerprint density at radius 1 is 1.39 bits per heavy atom. The number of nitrogens with zero attached hydrogens (tertiary/aromatic N) is 1. The predicted octanol–water partition coefficient (Wildman–Crippen LogP) is 1.13. The van der Waals surface area contributed by atoms with Gasteiger partial charge in [-0.25, -0.2) is 0 Å². The number of rotatable bonds is 4. The molecule has 0 bridgehead atoms. The van der Waals surface area contributed by atoms with Crippen LogP contribution in [0.25, 0.3) is 0 Å². The molecule has 0 saturated carbocycles. The smallest absolute Gasteiger partial charge is 0.0724 e. The fraction of sp³-hybridized carbons (Fsp3) is 1.00. The molecule has 0 aromatic carbocycles. The second-order valence-corrected chi connectivity index (χ2v) is 6.05. The average molecular weight is 257 g/mol. The molecule has 2 heterocycles. The maximum atomic E-state index is 9.73. The minimum atomic E-state index is 0.0527. The van der Waals surface area contributed by atoms with Gasteiger partial charge in [-0.05, 0) is 31.7 Å². The normalized spacial score (nSPS) is 33.5. The lowest BCUT2D eigenvalue weighted by atomic mass is 9.80. The van der Waals surface area contributed by atoms with Crippen LogP contribution in [-0.4, -0.2) is 62.7 Å². The summed E-state index contributed by atoms with van der Waals surface area (Å²) < 4.78 is 11.0. The molecule has 0 aliphatic carbocycles. The Balaban J connectivity index is 1.91. The van der Waals surface area contributed by atoms with Crippen molar-refractivity contribution in [2.24, 2.45) is 11.3 Å². The van der Waals surface area contributed by atoms with E-state index in [4.69, 9.17) is 9.47 Å². The monoisotopic (exact) mass is 257 g/mol. The molecule has 2 aliphatic heterocycles. The van der Waals surface area contributed by atoms with Gasteiger partial charge in [-0.1, -0.05) is 6.92 Å². The topological polar surface area (TPSA) is 41.9 Å². The van der Waals surface area contributed by atoms with Gasteiger partial charge in [0.25, 0.3) is 0 Å². The van der Waals surface area contributed by atoms with Gasteiger partial charge in [0.05, 0.1) is 12.7 Å². The molecule has 0 amide bonds. The Morgan fingerprint density at radius 2 is 2.11 bits per heavy atom. The van der Waals surface area contributed by atoms with E-state index in [0.717, 1.165) is 45.7 Å². The minimum Gasteiger partial charge on any atom is -0.396 e. The van der Waals surface area contributed by atoms with Crippen molar-refractivity contribution < 1.29 is 14.6 Å². The van der Waals surface area contributed by atoms with E-state index < -0.39 is 0 Å². The van der Waals surface area contributed by atoms with Gasteiger partial charge in [0.1, 0.15) is 0 Å². The second kappa shape index (κ2) is 6.33. The number of hydrogen-bond acceptors (Lipinski definition) is 4. The zero-order valence-electron chi connectivity index (χ0n) is 11.7. The minimum absolute atomic E-state index is 0.0527. The molecule has 4 nitrogen and oxygen atoms in total. The maximum Gasteiger partial charge on any atom is 0.0724 e. The summed E-state index contributed by atoms with van der Waals surface area (Å²) in [7, 11) is 1.81. The molecule has 2 aliphatic rings. The molecular formula is C14H27NO3. The summed E-state index contributed by atoms with van der Waals surface area (Å²) in [5.41, 5.74) is 0.0527. The maximum absolute atomic E-state index is 9.73. The van der Waals surface area contributed by atoms with Gasteiger partial charge in [-0.3, -0.25) is 0 Å². The van der Waals surface area contributed by atoms with Crippen LogP contribution >= 0.6 is 0 Å². The number of piperidine rings is 1. The van der Waals surface area contributed by atoms with E-state index in [1.165, 1.54) is 6.42 Å². The van der Waals surface area contributed by atoms with Crippen molar-refractivity contribution >= 4 is 0 Å². The molecule has 0 aromatic heterocycles. The highest BCUT2D eigenvalue weighted by molar-refractivity contribution is 4.88. The lowest BCUT2D eigenvalue weighted by Gasteiger charge is -2.43. The Morgan fingerprint density at radius 3 is 2.72 bits per heavy atom. The van der Waals surface area contributed by atoms with Crippen molar-refractivity contribution in [3.63, 3.8) is 0 Å². The van der Waals surface area contributed by atoms with E-state index in [0.29, 0.717) is 12.0 Å². The van der Waals surface area contributed by atoms with Crippen molar-refractivity contribution in [2.75, 3.05) is 46.6 Å². The van der Waals surface area contributed by atoms with Crippen molar-refractivity contribution in [2.45, 2.75) is 32.3 Å². The van der Waals surface area contributed by atoms with E-state index in [2.05, 4.69) is 11.8 Å². The van der Waals surface area contributed by atoms with Gasteiger partial charge in [0, 0.05) is 38.8 Å². The van der Waals surface area contributed by atoms with Gasteiger partial charge in [-0.2, -0.15) is 0 Å². The number of methoxy groups -OCH3 is 1. The average Bonchev–Trinajstić information content (AvgIpc) is 2.42. The van der Waals surface area contributed by atoms with Crippen LogP contribution in [0.1, 0.15) is 26.2 Å². The van der Waals surface area contributed by atoms with Crippen LogP contribution < -0.4 is 0 Å². The summed E-state index contributed by atoms with van der Waals surface area (Å²) in [6.07, 6.45) is 3.49. The molecule has 2 saturated heterocycles. The zero-order chi connectivity index (χ0) is 13.0. The standard InChI is InChI=1S/C14H27NO3/c1-12-3-6-15(9-13(12)17-2)10-14(11-16)4-7-18-8-5-14/h12-13,16H,3-11H2,1-2H3. The summed E-state index contributed by atoms with van der Waals surface area (Å²) in [5.74, 6) is 0.644. The molecule has 0 spiro atoms. The van der Waals surface area contributed by atoms with Gasteiger partial charge >= 0.3 is 0 Å². The summed E-state index contributed by atoms with van der Waals surface area (Å²) >= 11 is 0. The van der Waals surface area contributed by atoms with E-state index >= 15 is 0 Å². The van der Waals surface area contributed by atoms with Crippen molar-refractivity contribution in [1.29, 1.82) is 0 Å². The summed E-state index contributed by atoms with van der Waals surface area (Å²) in [6, 6.07) is 0. The molecule has 2 rings (SSSR count). The van der Waals surface area contributed by atoms with Crippen LogP contribution in [0.2, 0.25) is 0 Å². The van der Waals surface area contributed by atoms with Crippen LogP contribution in [0.5, 0.6) is 0 Å². The Kier molecular flexibility index (Phi) is 5.01. The molecular weight excluding hydrogens is 230 g/mol. The lowest BCUT2D eigenvalue weighted by Crippen LogP contribution is -2.50. The Bertz CT molecular complexity index is 253. The van der Waals surface area contributed by atoms with Crippen molar-refractivity contribution in [3.8, 4) is 0 Å². The highest BCUT2D eigenvalue weighted by Crippen LogP contribution is 2.32. The van der Waals surface area contributed by atoms with E-state index in [9.17, 15) is 5.11 Å². The van der Waals surface area contributed by atoms with E-state index in [1.807, 2.05) is 0 Å². The first-order valence-electron chi connectivity index (χ1n) is 7.13. The molecule has 2 atom stereocenters. The van der Waals surface area contributed by atoms with Crippen LogP contribution in [0.3, 0.4) is 0 Å². The van der Waals surface area contributed by atoms with Crippen molar-refractivity contribution in [1.82, 2.24) is 4.90 Å².